The molecule has 1 amide bonds. The minimum atomic E-state index is -3.90. The molecule has 0 saturated heterocycles. The van der Waals surface area contributed by atoms with Crippen molar-refractivity contribution in [1.82, 2.24) is 5.32 Å². The Kier molecular flexibility index (Phi) is 7.68. The molecule has 0 aromatic heterocycles. The van der Waals surface area contributed by atoms with E-state index in [1.807, 2.05) is 19.1 Å². The van der Waals surface area contributed by atoms with Crippen molar-refractivity contribution in [2.45, 2.75) is 38.0 Å². The monoisotopic (exact) mass is 408 g/mol. The van der Waals surface area contributed by atoms with Gasteiger partial charge in [-0.05, 0) is 49.7 Å². The number of anilines is 1. The number of amides is 1. The van der Waals surface area contributed by atoms with Gasteiger partial charge in [0.05, 0.1) is 10.6 Å². The summed E-state index contributed by atoms with van der Waals surface area (Å²) in [7, 11) is -3.90. The third-order valence-corrected chi connectivity index (χ3v) is 6.15. The van der Waals surface area contributed by atoms with Gasteiger partial charge in [0.2, 0.25) is 5.91 Å². The van der Waals surface area contributed by atoms with Gasteiger partial charge in [0.15, 0.2) is 0 Å². The molecule has 0 saturated carbocycles. The fraction of sp³-hybridized carbons (Fsp3) is 0.350. The third-order valence-electron chi connectivity index (χ3n) is 4.11. The molecule has 0 aliphatic heterocycles. The molecule has 0 spiro atoms. The van der Waals surface area contributed by atoms with Gasteiger partial charge >= 0.3 is 0 Å². The number of hydrogen-bond acceptors (Lipinski definition) is 3. The fourth-order valence-electron chi connectivity index (χ4n) is 2.55. The summed E-state index contributed by atoms with van der Waals surface area (Å²) in [6.45, 7) is 4.26. The number of nitrogens with zero attached hydrogens (tertiary/aromatic N) is 1. The average molecular weight is 409 g/mol. The lowest BCUT2D eigenvalue weighted by atomic mass is 10.2. The topological polar surface area (TPSA) is 66.5 Å². The van der Waals surface area contributed by atoms with Crippen molar-refractivity contribution in [2.75, 3.05) is 17.4 Å². The van der Waals surface area contributed by atoms with Gasteiger partial charge < -0.3 is 5.32 Å². The van der Waals surface area contributed by atoms with Crippen LogP contribution in [0.5, 0.6) is 0 Å². The van der Waals surface area contributed by atoms with Crippen molar-refractivity contribution in [1.29, 1.82) is 0 Å². The number of rotatable bonds is 9. The summed E-state index contributed by atoms with van der Waals surface area (Å²) < 4.78 is 27.4. The lowest BCUT2D eigenvalue weighted by Crippen LogP contribution is -2.41. The molecular formula is C20H25ClN2O3S. The van der Waals surface area contributed by atoms with Crippen molar-refractivity contribution in [3.8, 4) is 0 Å². The fourth-order valence-corrected chi connectivity index (χ4v) is 4.10. The van der Waals surface area contributed by atoms with E-state index in [-0.39, 0.29) is 17.3 Å². The maximum Gasteiger partial charge on any atom is 0.264 e. The Hall–Kier alpha value is -2.05. The number of sulfonamides is 1. The van der Waals surface area contributed by atoms with Crippen LogP contribution in [0.15, 0.2) is 53.4 Å². The Labute approximate surface area is 166 Å². The van der Waals surface area contributed by atoms with Gasteiger partial charge in [0.25, 0.3) is 10.0 Å². The quantitative estimate of drug-likeness (QED) is 0.634. The highest BCUT2D eigenvalue weighted by atomic mass is 35.5. The third kappa shape index (κ3) is 5.97. The zero-order chi connectivity index (χ0) is 19.9. The van der Waals surface area contributed by atoms with Crippen molar-refractivity contribution in [2.24, 2.45) is 0 Å². The van der Waals surface area contributed by atoms with Crippen LogP contribution in [-0.4, -0.2) is 27.4 Å². The Morgan fingerprint density at radius 2 is 1.67 bits per heavy atom. The highest BCUT2D eigenvalue weighted by Crippen LogP contribution is 2.25. The van der Waals surface area contributed by atoms with Gasteiger partial charge in [0.1, 0.15) is 6.54 Å². The van der Waals surface area contributed by atoms with E-state index >= 15 is 0 Å². The molecule has 0 fully saturated rings. The lowest BCUT2D eigenvalue weighted by molar-refractivity contribution is -0.119. The number of unbranched alkanes of at least 4 members (excludes halogenated alkanes) is 2. The van der Waals surface area contributed by atoms with Gasteiger partial charge in [-0.25, -0.2) is 8.42 Å². The van der Waals surface area contributed by atoms with E-state index in [9.17, 15) is 13.2 Å². The smallest absolute Gasteiger partial charge is 0.264 e. The molecule has 0 aliphatic rings. The summed E-state index contributed by atoms with van der Waals surface area (Å²) in [5.74, 6) is -0.329. The lowest BCUT2D eigenvalue weighted by Gasteiger charge is -2.24. The van der Waals surface area contributed by atoms with E-state index < -0.39 is 10.0 Å². The van der Waals surface area contributed by atoms with Crippen LogP contribution in [0.2, 0.25) is 5.02 Å². The van der Waals surface area contributed by atoms with E-state index in [1.54, 1.807) is 12.1 Å². The molecule has 0 radical (unpaired) electrons. The largest absolute Gasteiger partial charge is 0.355 e. The van der Waals surface area contributed by atoms with Crippen molar-refractivity contribution in [3.05, 3.63) is 59.1 Å². The van der Waals surface area contributed by atoms with Crippen LogP contribution < -0.4 is 9.62 Å². The van der Waals surface area contributed by atoms with Crippen molar-refractivity contribution in [3.63, 3.8) is 0 Å². The summed E-state index contributed by atoms with van der Waals surface area (Å²) in [4.78, 5) is 12.4. The molecule has 2 aromatic carbocycles. The minimum Gasteiger partial charge on any atom is -0.355 e. The van der Waals surface area contributed by atoms with Crippen LogP contribution in [0.1, 0.15) is 31.7 Å². The number of hydrogen-bond donors (Lipinski definition) is 1. The summed E-state index contributed by atoms with van der Waals surface area (Å²) in [6, 6.07) is 13.0. The number of halogens is 1. The van der Waals surface area contributed by atoms with E-state index in [0.29, 0.717) is 17.3 Å². The van der Waals surface area contributed by atoms with Crippen LogP contribution in [-0.2, 0) is 14.8 Å². The SMILES string of the molecule is CCCCCNC(=O)CN(c1ccc(C)cc1)S(=O)(=O)c1ccc(Cl)cc1. The van der Waals surface area contributed by atoms with Gasteiger partial charge in [-0.15, -0.1) is 0 Å². The van der Waals surface area contributed by atoms with Gasteiger partial charge in [-0.3, -0.25) is 9.10 Å². The second-order valence-electron chi connectivity index (χ2n) is 6.36. The normalized spacial score (nSPS) is 11.2. The number of carbonyl (C=O) groups excluding carboxylic acids is 1. The highest BCUT2D eigenvalue weighted by molar-refractivity contribution is 7.92. The van der Waals surface area contributed by atoms with Crippen molar-refractivity contribution < 1.29 is 13.2 Å². The first kappa shape index (κ1) is 21.3. The van der Waals surface area contributed by atoms with Crippen LogP contribution in [0.25, 0.3) is 0 Å². The maximum absolute atomic E-state index is 13.1. The number of nitrogens with one attached hydrogen (secondary N) is 1. The molecule has 27 heavy (non-hydrogen) atoms. The Morgan fingerprint density at radius 1 is 1.04 bits per heavy atom. The first-order valence-corrected chi connectivity index (χ1v) is 10.8. The molecule has 5 nitrogen and oxygen atoms in total. The molecule has 0 heterocycles. The van der Waals surface area contributed by atoms with Gasteiger partial charge in [-0.2, -0.15) is 0 Å². The molecule has 7 heteroatoms. The standard InChI is InChI=1S/C20H25ClN2O3S/c1-3-4-5-14-22-20(24)15-23(18-10-6-16(2)7-11-18)27(25,26)19-12-8-17(21)9-13-19/h6-13H,3-5,14-15H2,1-2H3,(H,22,24). The Bertz CT molecular complexity index is 850. The zero-order valence-electron chi connectivity index (χ0n) is 15.6. The van der Waals surface area contributed by atoms with Crippen LogP contribution in [0.3, 0.4) is 0 Å². The van der Waals surface area contributed by atoms with E-state index in [2.05, 4.69) is 12.2 Å². The molecular weight excluding hydrogens is 384 g/mol. The van der Waals surface area contributed by atoms with Gasteiger partial charge in [-0.1, -0.05) is 49.1 Å². The summed E-state index contributed by atoms with van der Waals surface area (Å²) in [6.07, 6.45) is 2.94. The summed E-state index contributed by atoms with van der Waals surface area (Å²) >= 11 is 5.87. The second kappa shape index (κ2) is 9.76. The minimum absolute atomic E-state index is 0.0891. The summed E-state index contributed by atoms with van der Waals surface area (Å²) in [5.41, 5.74) is 1.45. The first-order chi connectivity index (χ1) is 12.8. The number of benzene rings is 2. The summed E-state index contributed by atoms with van der Waals surface area (Å²) in [5, 5.41) is 3.24. The van der Waals surface area contributed by atoms with Crippen LogP contribution in [0.4, 0.5) is 5.69 Å². The molecule has 2 aromatic rings. The molecule has 0 atom stereocenters. The molecule has 1 N–H and O–H groups in total. The molecule has 146 valence electrons. The molecule has 0 unspecified atom stereocenters. The molecule has 0 bridgehead atoms. The predicted octanol–water partition coefficient (Wildman–Crippen LogP) is 4.15. The maximum atomic E-state index is 13.1. The number of carbonyl (C=O) groups is 1. The Morgan fingerprint density at radius 3 is 2.26 bits per heavy atom. The van der Waals surface area contributed by atoms with Crippen molar-refractivity contribution >= 4 is 33.2 Å². The number of aryl methyl sites for hydroxylation is 1. The predicted molar refractivity (Wildman–Crippen MR) is 110 cm³/mol. The van der Waals surface area contributed by atoms with E-state index in [1.165, 1.54) is 24.3 Å². The van der Waals surface area contributed by atoms with E-state index in [4.69, 9.17) is 11.6 Å². The molecule has 0 aliphatic carbocycles. The van der Waals surface area contributed by atoms with Crippen LogP contribution in [0, 0.1) is 6.92 Å². The molecule has 2 rings (SSSR count). The average Bonchev–Trinajstić information content (AvgIpc) is 2.64. The highest BCUT2D eigenvalue weighted by Gasteiger charge is 2.27. The van der Waals surface area contributed by atoms with E-state index in [0.717, 1.165) is 29.1 Å². The zero-order valence-corrected chi connectivity index (χ0v) is 17.2. The van der Waals surface area contributed by atoms with Crippen LogP contribution >= 0.6 is 11.6 Å². The first-order valence-electron chi connectivity index (χ1n) is 8.96. The Balaban J connectivity index is 2.28. The van der Waals surface area contributed by atoms with Gasteiger partial charge in [0, 0.05) is 11.6 Å². The second-order valence-corrected chi connectivity index (χ2v) is 8.66.